The van der Waals surface area contributed by atoms with Crippen LogP contribution in [0.2, 0.25) is 0 Å². The average molecular weight is 853 g/mol. The van der Waals surface area contributed by atoms with Crippen LogP contribution in [0.3, 0.4) is 0 Å². The van der Waals surface area contributed by atoms with Crippen molar-refractivity contribution in [3.05, 3.63) is 36.4 Å². The topological polar surface area (TPSA) is 273 Å². The number of aliphatic hydroxyl groups is 7. The van der Waals surface area contributed by atoms with E-state index in [-0.39, 0.29) is 47.6 Å². The molecule has 2 aromatic rings. The molecule has 2 aliphatic rings. The van der Waals surface area contributed by atoms with Gasteiger partial charge in [-0.3, -0.25) is 0 Å². The summed E-state index contributed by atoms with van der Waals surface area (Å²) >= 11 is 0. The number of phenols is 3. The zero-order valence-corrected chi connectivity index (χ0v) is 34.7. The standard InChI is InChI=1S/C43H68N2O15/c1-2-3-4-5-6-7-8-9-10-11-12-13-14-15-20-56-25-29(26-57-28-17-19-32(49)31(22-28)45-44-30-18-16-27(48)21-33(30)50)58-43-41(55)38(52)36(34(23-46)60-43)42-40(54)39(53)37(51)35(24-47)59-42/h16-19,21-22,29,34-43,46-55H,2-15,20,23-26H2,1H3/t29?,34-,35-,36-,37-,38+,39+,40-,41-,42+,43-/m0/s1. The van der Waals surface area contributed by atoms with E-state index in [4.69, 9.17) is 23.7 Å². The van der Waals surface area contributed by atoms with Gasteiger partial charge in [-0.25, -0.2) is 0 Å². The van der Waals surface area contributed by atoms with Crippen molar-refractivity contribution in [1.82, 2.24) is 0 Å². The zero-order chi connectivity index (χ0) is 43.4. The van der Waals surface area contributed by atoms with Gasteiger partial charge in [0, 0.05) is 24.7 Å². The van der Waals surface area contributed by atoms with Gasteiger partial charge in [-0.05, 0) is 30.7 Å². The highest BCUT2D eigenvalue weighted by atomic mass is 16.7. The molecule has 17 heteroatoms. The van der Waals surface area contributed by atoms with Crippen LogP contribution >= 0.6 is 0 Å². The van der Waals surface area contributed by atoms with Crippen molar-refractivity contribution in [1.29, 1.82) is 0 Å². The Morgan fingerprint density at radius 1 is 0.600 bits per heavy atom. The summed E-state index contributed by atoms with van der Waals surface area (Å²) < 4.78 is 29.6. The number of unbranched alkanes of at least 4 members (excludes halogenated alkanes) is 13. The number of azo groups is 1. The summed E-state index contributed by atoms with van der Waals surface area (Å²) in [7, 11) is 0. The number of hydrogen-bond donors (Lipinski definition) is 10. The Morgan fingerprint density at radius 2 is 1.22 bits per heavy atom. The van der Waals surface area contributed by atoms with E-state index in [1.54, 1.807) is 0 Å². The fourth-order valence-corrected chi connectivity index (χ4v) is 7.58. The Morgan fingerprint density at radius 3 is 1.83 bits per heavy atom. The molecule has 2 saturated heterocycles. The summed E-state index contributed by atoms with van der Waals surface area (Å²) in [5, 5.41) is 112. The maximum atomic E-state index is 11.3. The predicted molar refractivity (Wildman–Crippen MR) is 219 cm³/mol. The molecule has 340 valence electrons. The largest absolute Gasteiger partial charge is 0.508 e. The van der Waals surface area contributed by atoms with Gasteiger partial charge < -0.3 is 74.7 Å². The molecular weight excluding hydrogens is 784 g/mol. The maximum Gasteiger partial charge on any atom is 0.187 e. The Hall–Kier alpha value is -3.20. The molecule has 2 fully saturated rings. The maximum absolute atomic E-state index is 11.3. The fraction of sp³-hybridized carbons (Fsp3) is 0.721. The number of benzene rings is 2. The minimum atomic E-state index is -1.75. The minimum absolute atomic E-state index is 0.00526. The fourth-order valence-electron chi connectivity index (χ4n) is 7.58. The third-order valence-electron chi connectivity index (χ3n) is 11.1. The van der Waals surface area contributed by atoms with Gasteiger partial charge in [0.05, 0.1) is 38.1 Å². The Balaban J connectivity index is 1.34. The van der Waals surface area contributed by atoms with Gasteiger partial charge in [-0.2, -0.15) is 0 Å². The first-order valence-electron chi connectivity index (χ1n) is 21.5. The van der Waals surface area contributed by atoms with Crippen molar-refractivity contribution < 1.29 is 74.7 Å². The third kappa shape index (κ3) is 15.0. The van der Waals surface area contributed by atoms with Crippen LogP contribution in [0.4, 0.5) is 11.4 Å². The van der Waals surface area contributed by atoms with Crippen LogP contribution in [0, 0.1) is 5.92 Å². The lowest BCUT2D eigenvalue weighted by Gasteiger charge is -2.50. The molecule has 2 heterocycles. The molecule has 0 amide bonds. The van der Waals surface area contributed by atoms with Crippen molar-refractivity contribution in [2.75, 3.05) is 33.0 Å². The Bertz CT molecular complexity index is 1530. The summed E-state index contributed by atoms with van der Waals surface area (Å²) in [5.41, 5.74) is 0.0526. The molecule has 2 aliphatic heterocycles. The second kappa shape index (κ2) is 26.3. The molecule has 0 radical (unpaired) electrons. The van der Waals surface area contributed by atoms with Crippen molar-refractivity contribution in [3.8, 4) is 23.0 Å². The smallest absolute Gasteiger partial charge is 0.187 e. The first kappa shape index (κ1) is 49.5. The van der Waals surface area contributed by atoms with Gasteiger partial charge in [-0.15, -0.1) is 10.2 Å². The second-order valence-electron chi connectivity index (χ2n) is 15.8. The van der Waals surface area contributed by atoms with Crippen LogP contribution in [0.5, 0.6) is 23.0 Å². The monoisotopic (exact) mass is 852 g/mol. The molecule has 4 rings (SSSR count). The van der Waals surface area contributed by atoms with Gasteiger partial charge in [0.1, 0.15) is 77.6 Å². The SMILES string of the molecule is CCCCCCCCCCCCCCCCOCC(COc1ccc(O)c(N=Nc2ccc(O)cc2O)c1)O[C@H]1O[C@@H](CO)[C@H]([C@H]2O[C@@H](CO)[C@H](O)[C@@H](O)[C@@H]2O)[C@@H](O)[C@@H]1O. The van der Waals surface area contributed by atoms with E-state index in [0.717, 1.165) is 31.7 Å². The predicted octanol–water partition coefficient (Wildman–Crippen LogP) is 4.38. The third-order valence-corrected chi connectivity index (χ3v) is 11.1. The number of hydrogen-bond acceptors (Lipinski definition) is 17. The number of aromatic hydroxyl groups is 3. The van der Waals surface area contributed by atoms with Crippen LogP contribution in [-0.2, 0) is 18.9 Å². The molecular formula is C43H68N2O15. The van der Waals surface area contributed by atoms with E-state index in [1.807, 2.05) is 0 Å². The molecule has 10 N–H and O–H groups in total. The quantitative estimate of drug-likeness (QED) is 0.0441. The lowest BCUT2D eigenvalue weighted by atomic mass is 9.79. The molecule has 17 nitrogen and oxygen atoms in total. The molecule has 11 atom stereocenters. The van der Waals surface area contributed by atoms with Gasteiger partial charge >= 0.3 is 0 Å². The van der Waals surface area contributed by atoms with Crippen LogP contribution in [-0.4, -0.2) is 145 Å². The summed E-state index contributed by atoms with van der Waals surface area (Å²) in [4.78, 5) is 0. The molecule has 0 saturated carbocycles. The summed E-state index contributed by atoms with van der Waals surface area (Å²) in [5.74, 6) is -1.79. The van der Waals surface area contributed by atoms with E-state index < -0.39 is 80.4 Å². The van der Waals surface area contributed by atoms with Crippen LogP contribution in [0.25, 0.3) is 0 Å². The van der Waals surface area contributed by atoms with Gasteiger partial charge in [0.25, 0.3) is 0 Å². The highest BCUT2D eigenvalue weighted by Gasteiger charge is 2.55. The number of ether oxygens (including phenoxy) is 5. The molecule has 60 heavy (non-hydrogen) atoms. The molecule has 1 unspecified atom stereocenters. The lowest BCUT2D eigenvalue weighted by molar-refractivity contribution is -0.333. The first-order valence-corrected chi connectivity index (χ1v) is 21.5. The lowest BCUT2D eigenvalue weighted by Crippen LogP contribution is -2.67. The van der Waals surface area contributed by atoms with Crippen LogP contribution < -0.4 is 4.74 Å². The number of aliphatic hydroxyl groups excluding tert-OH is 7. The van der Waals surface area contributed by atoms with E-state index >= 15 is 0 Å². The van der Waals surface area contributed by atoms with Gasteiger partial charge in [0.2, 0.25) is 0 Å². The highest BCUT2D eigenvalue weighted by molar-refractivity contribution is 5.57. The van der Waals surface area contributed by atoms with Crippen molar-refractivity contribution in [3.63, 3.8) is 0 Å². The van der Waals surface area contributed by atoms with Crippen LogP contribution in [0.1, 0.15) is 96.8 Å². The molecule has 2 aromatic carbocycles. The van der Waals surface area contributed by atoms with Crippen LogP contribution in [0.15, 0.2) is 46.6 Å². The summed E-state index contributed by atoms with van der Waals surface area (Å²) in [6, 6.07) is 7.96. The highest BCUT2D eigenvalue weighted by Crippen LogP contribution is 2.38. The second-order valence-corrected chi connectivity index (χ2v) is 15.8. The van der Waals surface area contributed by atoms with Gasteiger partial charge in [-0.1, -0.05) is 90.4 Å². The molecule has 0 bridgehead atoms. The Labute approximate surface area is 352 Å². The van der Waals surface area contributed by atoms with Gasteiger partial charge in [0.15, 0.2) is 6.29 Å². The number of phenolic OH excluding ortho intramolecular Hbond substituents is 3. The average Bonchev–Trinajstić information content (AvgIpc) is 3.24. The number of nitrogens with zero attached hydrogens (tertiary/aromatic N) is 2. The Kier molecular flexibility index (Phi) is 21.7. The minimum Gasteiger partial charge on any atom is -0.508 e. The first-order chi connectivity index (χ1) is 29.0. The normalized spacial score (nSPS) is 27.7. The van der Waals surface area contributed by atoms with E-state index in [0.29, 0.717) is 6.61 Å². The van der Waals surface area contributed by atoms with Crippen molar-refractivity contribution in [2.24, 2.45) is 16.1 Å². The van der Waals surface area contributed by atoms with E-state index in [9.17, 15) is 51.1 Å². The molecule has 0 aliphatic carbocycles. The molecule has 0 spiro atoms. The molecule has 0 aromatic heterocycles. The number of rotatable bonds is 27. The van der Waals surface area contributed by atoms with Crippen molar-refractivity contribution >= 4 is 11.4 Å². The summed E-state index contributed by atoms with van der Waals surface area (Å²) in [6.07, 6.45) is 1.96. The zero-order valence-electron chi connectivity index (χ0n) is 34.7. The van der Waals surface area contributed by atoms with E-state index in [1.165, 1.54) is 94.5 Å². The van der Waals surface area contributed by atoms with E-state index in [2.05, 4.69) is 17.2 Å². The van der Waals surface area contributed by atoms with Crippen molar-refractivity contribution in [2.45, 2.75) is 158 Å². The summed E-state index contributed by atoms with van der Waals surface area (Å²) in [6.45, 7) is 1.03.